The quantitative estimate of drug-likeness (QED) is 0.695. The van der Waals surface area contributed by atoms with Crippen LogP contribution in [0.4, 0.5) is 0 Å². The van der Waals surface area contributed by atoms with E-state index in [1.54, 1.807) is 0 Å². The summed E-state index contributed by atoms with van der Waals surface area (Å²) in [6.45, 7) is 6.92. The molecule has 2 rings (SSSR count). The van der Waals surface area contributed by atoms with Crippen molar-refractivity contribution >= 4 is 22.6 Å². The van der Waals surface area contributed by atoms with Gasteiger partial charge in [-0.2, -0.15) is 0 Å². The molecule has 106 valence electrons. The Morgan fingerprint density at radius 2 is 1.79 bits per heavy atom. The van der Waals surface area contributed by atoms with Gasteiger partial charge in [0.15, 0.2) is 0 Å². The highest BCUT2D eigenvalue weighted by Gasteiger charge is 2.33. The lowest BCUT2D eigenvalue weighted by molar-refractivity contribution is 0.223. The van der Waals surface area contributed by atoms with Crippen molar-refractivity contribution in [3.63, 3.8) is 0 Å². The van der Waals surface area contributed by atoms with Crippen molar-refractivity contribution in [1.29, 1.82) is 0 Å². The van der Waals surface area contributed by atoms with Gasteiger partial charge in [0.1, 0.15) is 0 Å². The molecule has 1 aliphatic carbocycles. The van der Waals surface area contributed by atoms with Crippen molar-refractivity contribution in [3.8, 4) is 0 Å². The fourth-order valence-corrected chi connectivity index (χ4v) is 3.88. The number of rotatable bonds is 6. The van der Waals surface area contributed by atoms with Gasteiger partial charge in [0.2, 0.25) is 0 Å². The molecule has 0 aliphatic heterocycles. The highest BCUT2D eigenvalue weighted by molar-refractivity contribution is 14.1. The van der Waals surface area contributed by atoms with Gasteiger partial charge in [-0.25, -0.2) is 0 Å². The highest BCUT2D eigenvalue weighted by atomic mass is 127. The van der Waals surface area contributed by atoms with E-state index in [4.69, 9.17) is 0 Å². The van der Waals surface area contributed by atoms with Crippen molar-refractivity contribution in [2.24, 2.45) is 11.3 Å². The third-order valence-electron chi connectivity index (χ3n) is 4.25. The first-order valence-corrected chi connectivity index (χ1v) is 8.63. The first-order valence-electron chi connectivity index (χ1n) is 7.55. The van der Waals surface area contributed by atoms with Crippen LogP contribution < -0.4 is 5.32 Å². The zero-order valence-corrected chi connectivity index (χ0v) is 14.4. The van der Waals surface area contributed by atoms with Gasteiger partial charge in [-0.05, 0) is 70.9 Å². The summed E-state index contributed by atoms with van der Waals surface area (Å²) in [7, 11) is 0. The highest BCUT2D eigenvalue weighted by Crippen LogP contribution is 2.42. The summed E-state index contributed by atoms with van der Waals surface area (Å²) in [6, 6.07) is 8.85. The number of halogens is 1. The van der Waals surface area contributed by atoms with E-state index >= 15 is 0 Å². The molecule has 1 nitrogen and oxygen atoms in total. The normalized spacial score (nSPS) is 18.1. The van der Waals surface area contributed by atoms with E-state index in [-0.39, 0.29) is 0 Å². The molecule has 0 aromatic heterocycles. The second-order valence-corrected chi connectivity index (χ2v) is 7.78. The largest absolute Gasteiger partial charge is 0.312 e. The van der Waals surface area contributed by atoms with Crippen LogP contribution in [0.15, 0.2) is 24.3 Å². The summed E-state index contributed by atoms with van der Waals surface area (Å²) < 4.78 is 1.31. The topological polar surface area (TPSA) is 12.0 Å². The van der Waals surface area contributed by atoms with Crippen LogP contribution in [0.5, 0.6) is 0 Å². The molecule has 0 radical (unpaired) electrons. The molecular formula is C17H26IN. The predicted molar refractivity (Wildman–Crippen MR) is 91.2 cm³/mol. The van der Waals surface area contributed by atoms with E-state index in [0.717, 1.165) is 12.5 Å². The number of nitrogens with one attached hydrogen (secondary N) is 1. The van der Waals surface area contributed by atoms with Crippen molar-refractivity contribution in [2.75, 3.05) is 6.54 Å². The van der Waals surface area contributed by atoms with Gasteiger partial charge in [0, 0.05) is 16.7 Å². The van der Waals surface area contributed by atoms with Gasteiger partial charge in [-0.1, -0.05) is 38.8 Å². The average Bonchev–Trinajstić information content (AvgIpc) is 2.79. The summed E-state index contributed by atoms with van der Waals surface area (Å²) in [4.78, 5) is 0. The van der Waals surface area contributed by atoms with Crippen molar-refractivity contribution < 1.29 is 0 Å². The van der Waals surface area contributed by atoms with E-state index in [1.807, 2.05) is 0 Å². The van der Waals surface area contributed by atoms with Crippen LogP contribution in [-0.2, 0) is 6.54 Å². The van der Waals surface area contributed by atoms with Crippen LogP contribution in [0.1, 0.15) is 51.5 Å². The summed E-state index contributed by atoms with van der Waals surface area (Å²) in [5, 5.41) is 3.71. The van der Waals surface area contributed by atoms with Crippen LogP contribution in [-0.4, -0.2) is 6.54 Å². The van der Waals surface area contributed by atoms with Gasteiger partial charge in [-0.15, -0.1) is 0 Å². The van der Waals surface area contributed by atoms with E-state index in [2.05, 4.69) is 66.0 Å². The first-order chi connectivity index (χ1) is 9.10. The maximum absolute atomic E-state index is 3.71. The van der Waals surface area contributed by atoms with Crippen molar-refractivity contribution in [3.05, 3.63) is 33.4 Å². The summed E-state index contributed by atoms with van der Waals surface area (Å²) in [5.41, 5.74) is 1.98. The summed E-state index contributed by atoms with van der Waals surface area (Å²) >= 11 is 2.36. The lowest BCUT2D eigenvalue weighted by Gasteiger charge is -2.31. The average molecular weight is 371 g/mol. The molecule has 0 amide bonds. The van der Waals surface area contributed by atoms with E-state index in [1.165, 1.54) is 47.8 Å². The molecule has 0 saturated heterocycles. The Kier molecular flexibility index (Phi) is 5.70. The Hall–Kier alpha value is -0.0900. The van der Waals surface area contributed by atoms with Crippen molar-refractivity contribution in [1.82, 2.24) is 5.32 Å². The predicted octanol–water partition coefficient (Wildman–Crippen LogP) is 4.99. The Labute approximate surface area is 131 Å². The first kappa shape index (κ1) is 15.3. The molecule has 0 spiro atoms. The molecule has 0 unspecified atom stereocenters. The molecule has 0 heterocycles. The van der Waals surface area contributed by atoms with Crippen LogP contribution >= 0.6 is 22.6 Å². The third kappa shape index (κ3) is 4.75. The molecule has 1 N–H and O–H groups in total. The zero-order chi connectivity index (χ0) is 13.7. The number of hydrogen-bond donors (Lipinski definition) is 1. The Morgan fingerprint density at radius 1 is 1.16 bits per heavy atom. The second kappa shape index (κ2) is 7.07. The Balaban J connectivity index is 1.84. The smallest absolute Gasteiger partial charge is 0.0205 e. The number of hydrogen-bond acceptors (Lipinski definition) is 1. The Morgan fingerprint density at radius 3 is 2.37 bits per heavy atom. The molecule has 1 aromatic carbocycles. The monoisotopic (exact) mass is 371 g/mol. The van der Waals surface area contributed by atoms with Gasteiger partial charge in [0.25, 0.3) is 0 Å². The molecule has 2 heteroatoms. The standard InChI is InChI=1S/C17H26IN/c1-14(2)11-17(9-3-4-10-17)13-19-12-15-5-7-16(18)8-6-15/h5-8,14,19H,3-4,9-13H2,1-2H3. The van der Waals surface area contributed by atoms with Gasteiger partial charge >= 0.3 is 0 Å². The molecule has 1 fully saturated rings. The maximum atomic E-state index is 3.71. The molecule has 1 saturated carbocycles. The molecule has 0 bridgehead atoms. The third-order valence-corrected chi connectivity index (χ3v) is 4.97. The maximum Gasteiger partial charge on any atom is 0.0205 e. The minimum Gasteiger partial charge on any atom is -0.312 e. The van der Waals surface area contributed by atoms with Gasteiger partial charge in [0.05, 0.1) is 0 Å². The van der Waals surface area contributed by atoms with Crippen LogP contribution in [0.3, 0.4) is 0 Å². The second-order valence-electron chi connectivity index (χ2n) is 6.54. The number of benzene rings is 1. The van der Waals surface area contributed by atoms with Gasteiger partial charge in [-0.3, -0.25) is 0 Å². The van der Waals surface area contributed by atoms with E-state index in [0.29, 0.717) is 5.41 Å². The molecule has 19 heavy (non-hydrogen) atoms. The molecular weight excluding hydrogens is 345 g/mol. The van der Waals surface area contributed by atoms with Crippen molar-refractivity contribution in [2.45, 2.75) is 52.5 Å². The lowest BCUT2D eigenvalue weighted by atomic mass is 9.78. The Bertz CT molecular complexity index is 377. The summed E-state index contributed by atoms with van der Waals surface area (Å²) in [5.74, 6) is 0.818. The van der Waals surface area contributed by atoms with E-state index in [9.17, 15) is 0 Å². The van der Waals surface area contributed by atoms with Crippen LogP contribution in [0.25, 0.3) is 0 Å². The van der Waals surface area contributed by atoms with Gasteiger partial charge < -0.3 is 5.32 Å². The molecule has 1 aromatic rings. The van der Waals surface area contributed by atoms with E-state index < -0.39 is 0 Å². The van der Waals surface area contributed by atoms with Crippen LogP contribution in [0, 0.1) is 14.9 Å². The minimum atomic E-state index is 0.581. The minimum absolute atomic E-state index is 0.581. The zero-order valence-electron chi connectivity index (χ0n) is 12.2. The fraction of sp³-hybridized carbons (Fsp3) is 0.647. The lowest BCUT2D eigenvalue weighted by Crippen LogP contribution is -2.33. The fourth-order valence-electron chi connectivity index (χ4n) is 3.52. The SMILES string of the molecule is CC(C)CC1(CNCc2ccc(I)cc2)CCCC1. The van der Waals surface area contributed by atoms with Crippen LogP contribution in [0.2, 0.25) is 0 Å². The molecule has 0 atom stereocenters. The summed E-state index contributed by atoms with van der Waals surface area (Å²) in [6.07, 6.45) is 7.08. The molecule has 1 aliphatic rings.